The first-order valence-corrected chi connectivity index (χ1v) is 9.51. The Bertz CT molecular complexity index is 781. The van der Waals surface area contributed by atoms with Gasteiger partial charge in [-0.1, -0.05) is 12.1 Å². The standard InChI is InChI=1S/C22H29N3O2/c1-16-6-5-7-21(17(16)2)27-18(3)22(26)23-19-8-10-20(11-9-19)25-14-12-24(4)13-15-25/h5-11,18H,12-15H2,1-4H3,(H,23,26). The Morgan fingerprint density at radius 3 is 2.37 bits per heavy atom. The lowest BCUT2D eigenvalue weighted by atomic mass is 10.1. The summed E-state index contributed by atoms with van der Waals surface area (Å²) in [7, 11) is 2.15. The molecule has 1 unspecified atom stereocenters. The minimum atomic E-state index is -0.567. The largest absolute Gasteiger partial charge is 0.481 e. The zero-order valence-corrected chi connectivity index (χ0v) is 16.7. The maximum atomic E-state index is 12.5. The molecule has 5 heteroatoms. The van der Waals surface area contributed by atoms with Gasteiger partial charge >= 0.3 is 0 Å². The monoisotopic (exact) mass is 367 g/mol. The van der Waals surface area contributed by atoms with Crippen LogP contribution >= 0.6 is 0 Å². The number of ether oxygens (including phenoxy) is 1. The fourth-order valence-corrected chi connectivity index (χ4v) is 3.16. The van der Waals surface area contributed by atoms with Crippen LogP contribution in [0.2, 0.25) is 0 Å². The highest BCUT2D eigenvalue weighted by Crippen LogP contribution is 2.23. The van der Waals surface area contributed by atoms with Crippen molar-refractivity contribution < 1.29 is 9.53 Å². The van der Waals surface area contributed by atoms with Crippen molar-refractivity contribution in [2.24, 2.45) is 0 Å². The molecule has 27 heavy (non-hydrogen) atoms. The van der Waals surface area contributed by atoms with E-state index in [1.54, 1.807) is 6.92 Å². The fraction of sp³-hybridized carbons (Fsp3) is 0.409. The summed E-state index contributed by atoms with van der Waals surface area (Å²) in [4.78, 5) is 17.2. The lowest BCUT2D eigenvalue weighted by Gasteiger charge is -2.34. The molecule has 2 aromatic rings. The smallest absolute Gasteiger partial charge is 0.265 e. The predicted octanol–water partition coefficient (Wildman–Crippen LogP) is 3.46. The molecule has 3 rings (SSSR count). The number of aryl methyl sites for hydroxylation is 1. The summed E-state index contributed by atoms with van der Waals surface area (Å²) in [5.41, 5.74) is 4.20. The van der Waals surface area contributed by atoms with Crippen LogP contribution in [-0.4, -0.2) is 50.1 Å². The summed E-state index contributed by atoms with van der Waals surface area (Å²) in [6.07, 6.45) is -0.567. The van der Waals surface area contributed by atoms with E-state index in [1.165, 1.54) is 5.69 Å². The molecule has 1 aliphatic heterocycles. The molecule has 0 aromatic heterocycles. The molecule has 0 aliphatic carbocycles. The molecule has 1 amide bonds. The van der Waals surface area contributed by atoms with Crippen molar-refractivity contribution in [3.63, 3.8) is 0 Å². The third kappa shape index (κ3) is 4.80. The van der Waals surface area contributed by atoms with E-state index in [0.717, 1.165) is 48.7 Å². The van der Waals surface area contributed by atoms with Crippen LogP contribution in [0, 0.1) is 13.8 Å². The molecule has 5 nitrogen and oxygen atoms in total. The second-order valence-corrected chi connectivity index (χ2v) is 7.28. The van der Waals surface area contributed by atoms with E-state index < -0.39 is 6.10 Å². The van der Waals surface area contributed by atoms with Crippen molar-refractivity contribution in [3.8, 4) is 5.75 Å². The van der Waals surface area contributed by atoms with E-state index in [9.17, 15) is 4.79 Å². The zero-order chi connectivity index (χ0) is 19.4. The van der Waals surface area contributed by atoms with Crippen LogP contribution in [0.5, 0.6) is 5.75 Å². The average Bonchev–Trinajstić information content (AvgIpc) is 2.66. The molecule has 1 aliphatic rings. The number of carbonyl (C=O) groups is 1. The molecule has 1 atom stereocenters. The molecule has 1 saturated heterocycles. The van der Waals surface area contributed by atoms with Crippen LogP contribution in [0.1, 0.15) is 18.1 Å². The van der Waals surface area contributed by atoms with Crippen molar-refractivity contribution in [2.45, 2.75) is 26.9 Å². The molecule has 0 radical (unpaired) electrons. The van der Waals surface area contributed by atoms with Gasteiger partial charge in [-0.2, -0.15) is 0 Å². The van der Waals surface area contributed by atoms with Gasteiger partial charge in [0, 0.05) is 37.6 Å². The Balaban J connectivity index is 1.58. The Hall–Kier alpha value is -2.53. The van der Waals surface area contributed by atoms with Gasteiger partial charge in [0.2, 0.25) is 0 Å². The molecule has 1 fully saturated rings. The quantitative estimate of drug-likeness (QED) is 0.879. The van der Waals surface area contributed by atoms with Crippen LogP contribution in [-0.2, 0) is 4.79 Å². The van der Waals surface area contributed by atoms with Crippen molar-refractivity contribution >= 4 is 17.3 Å². The lowest BCUT2D eigenvalue weighted by Crippen LogP contribution is -2.44. The van der Waals surface area contributed by atoms with E-state index in [4.69, 9.17) is 4.74 Å². The summed E-state index contributed by atoms with van der Waals surface area (Å²) in [5, 5.41) is 2.94. The van der Waals surface area contributed by atoms with E-state index in [-0.39, 0.29) is 5.91 Å². The minimum Gasteiger partial charge on any atom is -0.481 e. The number of hydrogen-bond donors (Lipinski definition) is 1. The summed E-state index contributed by atoms with van der Waals surface area (Å²) in [5.74, 6) is 0.603. The number of nitrogens with one attached hydrogen (secondary N) is 1. The fourth-order valence-electron chi connectivity index (χ4n) is 3.16. The number of nitrogens with zero attached hydrogens (tertiary/aromatic N) is 2. The van der Waals surface area contributed by atoms with E-state index in [0.29, 0.717) is 0 Å². The third-order valence-electron chi connectivity index (χ3n) is 5.23. The van der Waals surface area contributed by atoms with Gasteiger partial charge < -0.3 is 19.9 Å². The number of carbonyl (C=O) groups excluding carboxylic acids is 1. The first-order chi connectivity index (χ1) is 12.9. The molecule has 1 heterocycles. The molecule has 0 saturated carbocycles. The van der Waals surface area contributed by atoms with Gasteiger partial charge in [-0.3, -0.25) is 4.79 Å². The maximum Gasteiger partial charge on any atom is 0.265 e. The number of piperazine rings is 1. The second-order valence-electron chi connectivity index (χ2n) is 7.28. The normalized spacial score (nSPS) is 16.1. The van der Waals surface area contributed by atoms with E-state index in [2.05, 4.69) is 34.3 Å². The van der Waals surface area contributed by atoms with Gasteiger partial charge in [-0.05, 0) is 69.3 Å². The van der Waals surface area contributed by atoms with Crippen molar-refractivity contribution in [1.82, 2.24) is 4.90 Å². The van der Waals surface area contributed by atoms with Crippen molar-refractivity contribution in [3.05, 3.63) is 53.6 Å². The molecular formula is C22H29N3O2. The summed E-state index contributed by atoms with van der Waals surface area (Å²) < 4.78 is 5.86. The summed E-state index contributed by atoms with van der Waals surface area (Å²) in [6, 6.07) is 13.9. The Morgan fingerprint density at radius 1 is 1.04 bits per heavy atom. The van der Waals surface area contributed by atoms with Gasteiger partial charge in [0.25, 0.3) is 5.91 Å². The molecule has 2 aromatic carbocycles. The third-order valence-corrected chi connectivity index (χ3v) is 5.23. The van der Waals surface area contributed by atoms with Crippen LogP contribution in [0.15, 0.2) is 42.5 Å². The van der Waals surface area contributed by atoms with Gasteiger partial charge in [-0.15, -0.1) is 0 Å². The van der Waals surface area contributed by atoms with Crippen LogP contribution in [0.4, 0.5) is 11.4 Å². The SMILES string of the molecule is Cc1cccc(OC(C)C(=O)Nc2ccc(N3CCN(C)CC3)cc2)c1C. The first-order valence-electron chi connectivity index (χ1n) is 9.51. The number of likely N-dealkylation sites (N-methyl/N-ethyl adjacent to an activating group) is 1. The van der Waals surface area contributed by atoms with Crippen LogP contribution in [0.25, 0.3) is 0 Å². The Labute approximate surface area is 161 Å². The first kappa shape index (κ1) is 19.2. The maximum absolute atomic E-state index is 12.5. The van der Waals surface area contributed by atoms with Gasteiger partial charge in [0.15, 0.2) is 6.10 Å². The van der Waals surface area contributed by atoms with Gasteiger partial charge in [-0.25, -0.2) is 0 Å². The molecule has 1 N–H and O–H groups in total. The van der Waals surface area contributed by atoms with Gasteiger partial charge in [0.1, 0.15) is 5.75 Å². The highest BCUT2D eigenvalue weighted by Gasteiger charge is 2.17. The molecule has 144 valence electrons. The number of hydrogen-bond acceptors (Lipinski definition) is 4. The number of amides is 1. The summed E-state index contributed by atoms with van der Waals surface area (Å²) in [6.45, 7) is 10.0. The predicted molar refractivity (Wildman–Crippen MR) is 111 cm³/mol. The summed E-state index contributed by atoms with van der Waals surface area (Å²) >= 11 is 0. The number of benzene rings is 2. The van der Waals surface area contributed by atoms with Crippen LogP contribution < -0.4 is 15.0 Å². The highest BCUT2D eigenvalue weighted by molar-refractivity contribution is 5.94. The Morgan fingerprint density at radius 2 is 1.70 bits per heavy atom. The van der Waals surface area contributed by atoms with E-state index >= 15 is 0 Å². The minimum absolute atomic E-state index is 0.150. The second kappa shape index (κ2) is 8.44. The average molecular weight is 367 g/mol. The zero-order valence-electron chi connectivity index (χ0n) is 16.7. The van der Waals surface area contributed by atoms with Crippen LogP contribution in [0.3, 0.4) is 0 Å². The van der Waals surface area contributed by atoms with Crippen molar-refractivity contribution in [1.29, 1.82) is 0 Å². The molecule has 0 bridgehead atoms. The lowest BCUT2D eigenvalue weighted by molar-refractivity contribution is -0.122. The Kier molecular flexibility index (Phi) is 6.01. The van der Waals surface area contributed by atoms with E-state index in [1.807, 2.05) is 44.2 Å². The number of anilines is 2. The molecule has 0 spiro atoms. The topological polar surface area (TPSA) is 44.8 Å². The van der Waals surface area contributed by atoms with Crippen molar-refractivity contribution in [2.75, 3.05) is 43.4 Å². The highest BCUT2D eigenvalue weighted by atomic mass is 16.5. The van der Waals surface area contributed by atoms with Gasteiger partial charge in [0.05, 0.1) is 0 Å². The number of rotatable bonds is 5. The molecular weight excluding hydrogens is 338 g/mol.